The van der Waals surface area contributed by atoms with Gasteiger partial charge in [-0.2, -0.15) is 11.8 Å². The van der Waals surface area contributed by atoms with Gasteiger partial charge in [0.15, 0.2) is 23.0 Å². The highest BCUT2D eigenvalue weighted by atomic mass is 32.2. The molecule has 0 saturated carbocycles. The zero-order valence-corrected chi connectivity index (χ0v) is 14.5. The quantitative estimate of drug-likeness (QED) is 0.742. The molecule has 0 aromatic heterocycles. The molecule has 0 atom stereocenters. The van der Waals surface area contributed by atoms with Gasteiger partial charge in [-0.05, 0) is 47.6 Å². The first kappa shape index (κ1) is 17.3. The molecule has 0 spiro atoms. The molecule has 0 amide bonds. The maximum absolute atomic E-state index is 9.59. The summed E-state index contributed by atoms with van der Waals surface area (Å²) in [4.78, 5) is 0. The van der Waals surface area contributed by atoms with Crippen molar-refractivity contribution in [2.75, 3.05) is 27.1 Å². The summed E-state index contributed by atoms with van der Waals surface area (Å²) in [5, 5.41) is 9.59. The van der Waals surface area contributed by atoms with Gasteiger partial charge >= 0.3 is 0 Å². The van der Waals surface area contributed by atoms with E-state index >= 15 is 0 Å². The van der Waals surface area contributed by atoms with E-state index in [1.54, 1.807) is 27.4 Å². The van der Waals surface area contributed by atoms with Gasteiger partial charge in [0.05, 0.1) is 21.3 Å². The van der Waals surface area contributed by atoms with E-state index in [9.17, 15) is 5.11 Å². The number of rotatable bonds is 8. The molecule has 1 N–H and O–H groups in total. The Morgan fingerprint density at radius 2 is 1.48 bits per heavy atom. The first-order valence-electron chi connectivity index (χ1n) is 7.32. The number of ether oxygens (including phenoxy) is 3. The maximum Gasteiger partial charge on any atom is 0.160 e. The third kappa shape index (κ3) is 4.73. The van der Waals surface area contributed by atoms with Crippen molar-refractivity contribution in [1.29, 1.82) is 0 Å². The Labute approximate surface area is 141 Å². The largest absolute Gasteiger partial charge is 0.504 e. The molecule has 0 fully saturated rings. The summed E-state index contributed by atoms with van der Waals surface area (Å²) in [6, 6.07) is 11.5. The highest BCUT2D eigenvalue weighted by molar-refractivity contribution is 7.98. The second-order valence-corrected chi connectivity index (χ2v) is 6.10. The average molecular weight is 334 g/mol. The van der Waals surface area contributed by atoms with Gasteiger partial charge in [-0.25, -0.2) is 0 Å². The molecule has 2 aromatic carbocycles. The van der Waals surface area contributed by atoms with Crippen molar-refractivity contribution in [3.05, 3.63) is 47.5 Å². The van der Waals surface area contributed by atoms with E-state index in [0.717, 1.165) is 35.0 Å². The lowest BCUT2D eigenvalue weighted by atomic mass is 10.1. The molecule has 5 heteroatoms. The van der Waals surface area contributed by atoms with E-state index in [-0.39, 0.29) is 5.75 Å². The standard InChI is InChI=1S/C18H22O4S/c1-20-16-7-5-13(10-18(16)22-3)8-9-23-12-14-4-6-15(19)17(11-14)21-2/h4-7,10-11,19H,8-9,12H2,1-3H3. The van der Waals surface area contributed by atoms with Crippen LogP contribution in [0.1, 0.15) is 11.1 Å². The molecule has 0 aliphatic heterocycles. The van der Waals surface area contributed by atoms with Crippen LogP contribution in [0, 0.1) is 0 Å². The first-order valence-corrected chi connectivity index (χ1v) is 8.48. The molecular formula is C18H22O4S. The Kier molecular flexibility index (Phi) is 6.47. The number of aromatic hydroxyl groups is 1. The molecular weight excluding hydrogens is 312 g/mol. The molecule has 2 aromatic rings. The van der Waals surface area contributed by atoms with Gasteiger partial charge in [-0.15, -0.1) is 0 Å². The Balaban J connectivity index is 1.86. The molecule has 2 rings (SSSR count). The molecule has 124 valence electrons. The van der Waals surface area contributed by atoms with Crippen LogP contribution in [0.25, 0.3) is 0 Å². The number of phenols is 1. The van der Waals surface area contributed by atoms with Crippen molar-refractivity contribution in [2.24, 2.45) is 0 Å². The fraction of sp³-hybridized carbons (Fsp3) is 0.333. The second-order valence-electron chi connectivity index (χ2n) is 5.00. The van der Waals surface area contributed by atoms with Crippen LogP contribution < -0.4 is 14.2 Å². The van der Waals surface area contributed by atoms with Crippen LogP contribution >= 0.6 is 11.8 Å². The lowest BCUT2D eigenvalue weighted by molar-refractivity contribution is 0.354. The molecule has 0 heterocycles. The van der Waals surface area contributed by atoms with Gasteiger partial charge in [0.2, 0.25) is 0 Å². The molecule has 0 aliphatic carbocycles. The third-order valence-electron chi connectivity index (χ3n) is 3.50. The van der Waals surface area contributed by atoms with E-state index in [4.69, 9.17) is 14.2 Å². The molecule has 0 unspecified atom stereocenters. The average Bonchev–Trinajstić information content (AvgIpc) is 2.59. The zero-order chi connectivity index (χ0) is 16.7. The Morgan fingerprint density at radius 3 is 2.17 bits per heavy atom. The minimum absolute atomic E-state index is 0.173. The molecule has 23 heavy (non-hydrogen) atoms. The predicted octanol–water partition coefficient (Wildman–Crippen LogP) is 3.89. The van der Waals surface area contributed by atoms with Crippen LogP contribution in [0.15, 0.2) is 36.4 Å². The third-order valence-corrected chi connectivity index (χ3v) is 4.53. The van der Waals surface area contributed by atoms with Crippen molar-refractivity contribution < 1.29 is 19.3 Å². The summed E-state index contributed by atoms with van der Waals surface area (Å²) >= 11 is 1.84. The zero-order valence-electron chi connectivity index (χ0n) is 13.7. The van der Waals surface area contributed by atoms with Gasteiger partial charge < -0.3 is 19.3 Å². The molecule has 0 saturated heterocycles. The minimum atomic E-state index is 0.173. The summed E-state index contributed by atoms with van der Waals surface area (Å²) < 4.78 is 15.7. The predicted molar refractivity (Wildman–Crippen MR) is 94.1 cm³/mol. The Morgan fingerprint density at radius 1 is 0.826 bits per heavy atom. The van der Waals surface area contributed by atoms with Crippen molar-refractivity contribution in [3.8, 4) is 23.0 Å². The fourth-order valence-corrected chi connectivity index (χ4v) is 3.17. The summed E-state index contributed by atoms with van der Waals surface area (Å²) in [6.07, 6.45) is 0.959. The van der Waals surface area contributed by atoms with Gasteiger partial charge in [-0.3, -0.25) is 0 Å². The van der Waals surface area contributed by atoms with E-state index in [2.05, 4.69) is 6.07 Å². The van der Waals surface area contributed by atoms with Crippen molar-refractivity contribution in [2.45, 2.75) is 12.2 Å². The number of phenolic OH excluding ortho intramolecular Hbond substituents is 1. The molecule has 0 bridgehead atoms. The second kappa shape index (κ2) is 8.58. The number of hydrogen-bond donors (Lipinski definition) is 1. The van der Waals surface area contributed by atoms with Crippen molar-refractivity contribution >= 4 is 11.8 Å². The van der Waals surface area contributed by atoms with Crippen LogP contribution in [0.3, 0.4) is 0 Å². The summed E-state index contributed by atoms with van der Waals surface area (Å²) in [6.45, 7) is 0. The van der Waals surface area contributed by atoms with Gasteiger partial charge in [0.25, 0.3) is 0 Å². The summed E-state index contributed by atoms with van der Waals surface area (Å²) in [5.74, 6) is 4.08. The van der Waals surface area contributed by atoms with Crippen molar-refractivity contribution in [3.63, 3.8) is 0 Å². The van der Waals surface area contributed by atoms with Crippen LogP contribution in [-0.4, -0.2) is 32.2 Å². The van der Waals surface area contributed by atoms with Crippen molar-refractivity contribution in [1.82, 2.24) is 0 Å². The smallest absolute Gasteiger partial charge is 0.160 e. The number of thioether (sulfide) groups is 1. The van der Waals surface area contributed by atoms with E-state index < -0.39 is 0 Å². The van der Waals surface area contributed by atoms with Gasteiger partial charge in [0, 0.05) is 5.75 Å². The molecule has 0 radical (unpaired) electrons. The van der Waals surface area contributed by atoms with E-state index in [1.807, 2.05) is 36.0 Å². The number of benzene rings is 2. The highest BCUT2D eigenvalue weighted by Gasteiger charge is 2.05. The monoisotopic (exact) mass is 334 g/mol. The minimum Gasteiger partial charge on any atom is -0.504 e. The first-order chi connectivity index (χ1) is 11.2. The van der Waals surface area contributed by atoms with Crippen LogP contribution in [0.4, 0.5) is 0 Å². The SMILES string of the molecule is COc1cc(CSCCc2ccc(OC)c(OC)c2)ccc1O. The highest BCUT2D eigenvalue weighted by Crippen LogP contribution is 2.29. The van der Waals surface area contributed by atoms with Crippen LogP contribution in [-0.2, 0) is 12.2 Å². The normalized spacial score (nSPS) is 10.4. The van der Waals surface area contributed by atoms with E-state index in [0.29, 0.717) is 5.75 Å². The Hall–Kier alpha value is -2.01. The van der Waals surface area contributed by atoms with Gasteiger partial charge in [-0.1, -0.05) is 12.1 Å². The summed E-state index contributed by atoms with van der Waals surface area (Å²) in [5.41, 5.74) is 2.36. The fourth-order valence-electron chi connectivity index (χ4n) is 2.23. The topological polar surface area (TPSA) is 47.9 Å². The van der Waals surface area contributed by atoms with Gasteiger partial charge in [0.1, 0.15) is 0 Å². The van der Waals surface area contributed by atoms with Crippen LogP contribution in [0.2, 0.25) is 0 Å². The van der Waals surface area contributed by atoms with E-state index in [1.165, 1.54) is 5.56 Å². The summed E-state index contributed by atoms with van der Waals surface area (Å²) in [7, 11) is 4.84. The number of aryl methyl sites for hydroxylation is 1. The van der Waals surface area contributed by atoms with Crippen LogP contribution in [0.5, 0.6) is 23.0 Å². The molecule has 4 nitrogen and oxygen atoms in total. The number of hydrogen-bond acceptors (Lipinski definition) is 5. The lowest BCUT2D eigenvalue weighted by Crippen LogP contribution is -1.94. The molecule has 0 aliphatic rings. The Bertz CT molecular complexity index is 643. The number of methoxy groups -OCH3 is 3. The lowest BCUT2D eigenvalue weighted by Gasteiger charge is -2.10. The maximum atomic E-state index is 9.59.